The number of rotatable bonds is 5. The topological polar surface area (TPSA) is 86.0 Å². The molecule has 7 nitrogen and oxygen atoms in total. The van der Waals surface area contributed by atoms with E-state index in [9.17, 15) is 14.4 Å². The van der Waals surface area contributed by atoms with Gasteiger partial charge in [0, 0.05) is 0 Å². The van der Waals surface area contributed by atoms with E-state index in [2.05, 4.69) is 9.47 Å². The molecule has 19 heavy (non-hydrogen) atoms. The van der Waals surface area contributed by atoms with Gasteiger partial charge in [0.25, 0.3) is 5.91 Å². The zero-order chi connectivity index (χ0) is 14.4. The second kappa shape index (κ2) is 6.58. The Hall–Kier alpha value is -2.31. The van der Waals surface area contributed by atoms with Crippen LogP contribution in [0, 0.1) is 6.92 Å². The SMILES string of the molecule is COC(=O)CN(CC(=O)OC)C(=O)c1ccoc1C. The molecule has 1 rings (SSSR count). The molecule has 1 heterocycles. The molecule has 0 fully saturated rings. The van der Waals surface area contributed by atoms with Crippen LogP contribution in [0.15, 0.2) is 16.7 Å². The standard InChI is InChI=1S/C12H15NO6/c1-8-9(4-5-19-8)12(16)13(6-10(14)17-2)7-11(15)18-3/h4-5H,6-7H2,1-3H3. The molecule has 0 bridgehead atoms. The number of carbonyl (C=O) groups is 3. The molecule has 0 N–H and O–H groups in total. The van der Waals surface area contributed by atoms with Gasteiger partial charge in [0.05, 0.1) is 26.0 Å². The first-order chi connectivity index (χ1) is 8.99. The number of esters is 2. The summed E-state index contributed by atoms with van der Waals surface area (Å²) < 4.78 is 14.0. The summed E-state index contributed by atoms with van der Waals surface area (Å²) in [6.07, 6.45) is 1.36. The Labute approximate surface area is 110 Å². The molecular formula is C12H15NO6. The van der Waals surface area contributed by atoms with Gasteiger partial charge in [-0.1, -0.05) is 0 Å². The van der Waals surface area contributed by atoms with Gasteiger partial charge in [0.2, 0.25) is 0 Å². The number of furan rings is 1. The smallest absolute Gasteiger partial charge is 0.325 e. The Morgan fingerprint density at radius 3 is 2.05 bits per heavy atom. The highest BCUT2D eigenvalue weighted by atomic mass is 16.5. The third-order valence-electron chi connectivity index (χ3n) is 2.47. The van der Waals surface area contributed by atoms with Gasteiger partial charge in [-0.15, -0.1) is 0 Å². The lowest BCUT2D eigenvalue weighted by molar-refractivity contribution is -0.144. The van der Waals surface area contributed by atoms with Gasteiger partial charge in [-0.05, 0) is 13.0 Å². The normalized spacial score (nSPS) is 9.84. The van der Waals surface area contributed by atoms with Gasteiger partial charge in [-0.2, -0.15) is 0 Å². The molecule has 0 saturated heterocycles. The number of hydrogen-bond donors (Lipinski definition) is 0. The number of methoxy groups -OCH3 is 2. The third-order valence-corrected chi connectivity index (χ3v) is 2.47. The van der Waals surface area contributed by atoms with E-state index in [0.29, 0.717) is 5.76 Å². The molecule has 0 aliphatic rings. The maximum atomic E-state index is 12.2. The zero-order valence-electron chi connectivity index (χ0n) is 11.0. The summed E-state index contributed by atoms with van der Waals surface area (Å²) in [6, 6.07) is 1.47. The molecule has 0 spiro atoms. The van der Waals surface area contributed by atoms with Crippen molar-refractivity contribution >= 4 is 17.8 Å². The summed E-state index contributed by atoms with van der Waals surface area (Å²) in [5, 5.41) is 0. The van der Waals surface area contributed by atoms with Crippen molar-refractivity contribution in [2.45, 2.75) is 6.92 Å². The van der Waals surface area contributed by atoms with Crippen molar-refractivity contribution in [1.82, 2.24) is 4.90 Å². The summed E-state index contributed by atoms with van der Waals surface area (Å²) >= 11 is 0. The first-order valence-corrected chi connectivity index (χ1v) is 5.46. The van der Waals surface area contributed by atoms with Crippen molar-refractivity contribution in [1.29, 1.82) is 0 Å². The van der Waals surface area contributed by atoms with Crippen LogP contribution in [0.1, 0.15) is 16.1 Å². The molecule has 1 aromatic heterocycles. The predicted molar refractivity (Wildman–Crippen MR) is 63.4 cm³/mol. The van der Waals surface area contributed by atoms with Crippen LogP contribution < -0.4 is 0 Å². The van der Waals surface area contributed by atoms with Gasteiger partial charge < -0.3 is 18.8 Å². The molecule has 104 valence electrons. The zero-order valence-corrected chi connectivity index (χ0v) is 11.0. The van der Waals surface area contributed by atoms with Gasteiger partial charge in [0.15, 0.2) is 0 Å². The fourth-order valence-corrected chi connectivity index (χ4v) is 1.42. The van der Waals surface area contributed by atoms with Gasteiger partial charge >= 0.3 is 11.9 Å². The minimum atomic E-state index is -0.626. The summed E-state index contributed by atoms with van der Waals surface area (Å²) in [6.45, 7) is 0.936. The Bertz CT molecular complexity index is 460. The molecule has 0 aromatic carbocycles. The van der Waals surface area contributed by atoms with Gasteiger partial charge in [-0.25, -0.2) is 0 Å². The maximum absolute atomic E-state index is 12.2. The minimum absolute atomic E-state index is 0.285. The second-order valence-electron chi connectivity index (χ2n) is 3.70. The summed E-state index contributed by atoms with van der Waals surface area (Å²) in [5.41, 5.74) is 0.285. The fourth-order valence-electron chi connectivity index (χ4n) is 1.42. The van der Waals surface area contributed by atoms with Crippen LogP contribution in [0.25, 0.3) is 0 Å². The number of aryl methyl sites for hydroxylation is 1. The minimum Gasteiger partial charge on any atom is -0.469 e. The molecule has 1 amide bonds. The van der Waals surface area contributed by atoms with E-state index in [0.717, 1.165) is 4.90 Å². The van der Waals surface area contributed by atoms with E-state index in [-0.39, 0.29) is 18.7 Å². The van der Waals surface area contributed by atoms with Crippen LogP contribution in [-0.4, -0.2) is 50.1 Å². The van der Waals surface area contributed by atoms with Crippen LogP contribution in [0.4, 0.5) is 0 Å². The lowest BCUT2D eigenvalue weighted by atomic mass is 10.2. The highest BCUT2D eigenvalue weighted by molar-refractivity contribution is 5.98. The Morgan fingerprint density at radius 1 is 1.16 bits per heavy atom. The number of amides is 1. The van der Waals surface area contributed by atoms with Crippen molar-refractivity contribution in [2.24, 2.45) is 0 Å². The van der Waals surface area contributed by atoms with Gasteiger partial charge in [-0.3, -0.25) is 14.4 Å². The first-order valence-electron chi connectivity index (χ1n) is 5.46. The van der Waals surface area contributed by atoms with Crippen LogP contribution in [-0.2, 0) is 19.1 Å². The molecule has 0 atom stereocenters. The lowest BCUT2D eigenvalue weighted by Gasteiger charge is -2.19. The average Bonchev–Trinajstić information content (AvgIpc) is 2.82. The Balaban J connectivity index is 2.89. The lowest BCUT2D eigenvalue weighted by Crippen LogP contribution is -2.40. The molecule has 1 aromatic rings. The molecule has 0 aliphatic heterocycles. The van der Waals surface area contributed by atoms with Crippen molar-refractivity contribution in [2.75, 3.05) is 27.3 Å². The molecular weight excluding hydrogens is 254 g/mol. The van der Waals surface area contributed by atoms with E-state index < -0.39 is 17.8 Å². The second-order valence-corrected chi connectivity index (χ2v) is 3.70. The summed E-state index contributed by atoms with van der Waals surface area (Å²) in [7, 11) is 2.40. The first kappa shape index (κ1) is 14.7. The van der Waals surface area contributed by atoms with Crippen molar-refractivity contribution in [3.8, 4) is 0 Å². The highest BCUT2D eigenvalue weighted by Gasteiger charge is 2.24. The Morgan fingerprint density at radius 2 is 1.68 bits per heavy atom. The highest BCUT2D eigenvalue weighted by Crippen LogP contribution is 2.12. The van der Waals surface area contributed by atoms with E-state index >= 15 is 0 Å². The van der Waals surface area contributed by atoms with Crippen LogP contribution in [0.5, 0.6) is 0 Å². The number of carbonyl (C=O) groups excluding carboxylic acids is 3. The van der Waals surface area contributed by atoms with E-state index in [4.69, 9.17) is 4.42 Å². The fraction of sp³-hybridized carbons (Fsp3) is 0.417. The van der Waals surface area contributed by atoms with Crippen molar-refractivity contribution < 1.29 is 28.3 Å². The van der Waals surface area contributed by atoms with E-state index in [1.807, 2.05) is 0 Å². The van der Waals surface area contributed by atoms with E-state index in [1.54, 1.807) is 6.92 Å². The average molecular weight is 269 g/mol. The third kappa shape index (κ3) is 3.84. The van der Waals surface area contributed by atoms with E-state index in [1.165, 1.54) is 26.5 Å². The number of nitrogens with zero attached hydrogens (tertiary/aromatic N) is 1. The number of hydrogen-bond acceptors (Lipinski definition) is 6. The van der Waals surface area contributed by atoms with Crippen LogP contribution in [0.2, 0.25) is 0 Å². The molecule has 7 heteroatoms. The van der Waals surface area contributed by atoms with Crippen LogP contribution in [0.3, 0.4) is 0 Å². The molecule has 0 unspecified atom stereocenters. The van der Waals surface area contributed by atoms with Gasteiger partial charge in [0.1, 0.15) is 18.8 Å². The predicted octanol–water partition coefficient (Wildman–Crippen LogP) is 0.376. The van der Waals surface area contributed by atoms with Crippen molar-refractivity contribution in [3.05, 3.63) is 23.7 Å². The largest absolute Gasteiger partial charge is 0.469 e. The molecule has 0 aliphatic carbocycles. The van der Waals surface area contributed by atoms with Crippen molar-refractivity contribution in [3.63, 3.8) is 0 Å². The monoisotopic (exact) mass is 269 g/mol. The molecule has 0 radical (unpaired) electrons. The maximum Gasteiger partial charge on any atom is 0.325 e. The number of ether oxygens (including phenoxy) is 2. The summed E-state index contributed by atoms with van der Waals surface area (Å²) in [5.74, 6) is -1.34. The quantitative estimate of drug-likeness (QED) is 0.718. The molecule has 0 saturated carbocycles. The Kier molecular flexibility index (Phi) is 5.11. The van der Waals surface area contributed by atoms with Crippen LogP contribution >= 0.6 is 0 Å². The summed E-state index contributed by atoms with van der Waals surface area (Å²) in [4.78, 5) is 35.7.